The molecule has 1 aliphatic heterocycles. The van der Waals surface area contributed by atoms with Gasteiger partial charge in [-0.05, 0) is 68.2 Å². The van der Waals surface area contributed by atoms with Crippen molar-refractivity contribution in [3.63, 3.8) is 0 Å². The second kappa shape index (κ2) is 13.1. The van der Waals surface area contributed by atoms with E-state index < -0.39 is 0 Å². The van der Waals surface area contributed by atoms with Crippen LogP contribution in [0.25, 0.3) is 0 Å². The Morgan fingerprint density at radius 2 is 1.71 bits per heavy atom. The Balaban J connectivity index is 1.27. The lowest BCUT2D eigenvalue weighted by Gasteiger charge is -2.26. The summed E-state index contributed by atoms with van der Waals surface area (Å²) in [6.07, 6.45) is 5.55. The summed E-state index contributed by atoms with van der Waals surface area (Å²) in [7, 11) is 0. The second-order valence-corrected chi connectivity index (χ2v) is 11.4. The number of rotatable bonds is 9. The fourth-order valence-corrected chi connectivity index (χ4v) is 4.61. The fourth-order valence-electron chi connectivity index (χ4n) is 4.44. The molecule has 0 unspecified atom stereocenters. The average molecular weight is 533 g/mol. The van der Waals surface area contributed by atoms with Crippen LogP contribution in [-0.4, -0.2) is 42.1 Å². The Labute approximate surface area is 231 Å². The van der Waals surface area contributed by atoms with Gasteiger partial charge in [0.2, 0.25) is 0 Å². The van der Waals surface area contributed by atoms with Gasteiger partial charge in [-0.15, -0.1) is 0 Å². The number of nitrogens with zero attached hydrogens (tertiary/aromatic N) is 2. The second-order valence-electron chi connectivity index (χ2n) is 11.0. The molecule has 3 aromatic rings. The van der Waals surface area contributed by atoms with Crippen LogP contribution in [0.4, 0.5) is 0 Å². The van der Waals surface area contributed by atoms with Crippen LogP contribution in [0, 0.1) is 11.8 Å². The molecule has 1 aromatic heterocycles. The molecule has 0 spiro atoms. The first-order chi connectivity index (χ1) is 18.3. The van der Waals surface area contributed by atoms with E-state index in [0.717, 1.165) is 35.4 Å². The normalized spacial score (nSPS) is 14.1. The predicted octanol–water partition coefficient (Wildman–Crippen LogP) is 6.63. The van der Waals surface area contributed by atoms with Gasteiger partial charge in [0.25, 0.3) is 0 Å². The quantitative estimate of drug-likeness (QED) is 0.228. The number of benzene rings is 2. The highest BCUT2D eigenvalue weighted by atomic mass is 35.5. The van der Waals surface area contributed by atoms with Gasteiger partial charge in [0.1, 0.15) is 17.3 Å². The molecule has 1 saturated heterocycles. The van der Waals surface area contributed by atoms with Crippen LogP contribution in [0.15, 0.2) is 53.1 Å². The summed E-state index contributed by atoms with van der Waals surface area (Å²) in [5.41, 5.74) is 3.23. The maximum atomic E-state index is 12.5. The molecule has 5 nitrogen and oxygen atoms in total. The van der Waals surface area contributed by atoms with Crippen LogP contribution in [-0.2, 0) is 23.1 Å². The van der Waals surface area contributed by atoms with Crippen LogP contribution >= 0.6 is 11.6 Å². The number of ketones is 1. The maximum absolute atomic E-state index is 12.5. The molecule has 1 aliphatic rings. The van der Waals surface area contributed by atoms with Crippen molar-refractivity contribution in [2.24, 2.45) is 0 Å². The fraction of sp³-hybridized carbons (Fsp3) is 0.438. The first kappa shape index (κ1) is 28.0. The van der Waals surface area contributed by atoms with Crippen molar-refractivity contribution in [3.05, 3.63) is 81.7 Å². The van der Waals surface area contributed by atoms with E-state index >= 15 is 0 Å². The van der Waals surface area contributed by atoms with Crippen molar-refractivity contribution in [3.8, 4) is 17.6 Å². The molecule has 38 heavy (non-hydrogen) atoms. The van der Waals surface area contributed by atoms with Crippen LogP contribution in [0.2, 0.25) is 5.02 Å². The molecule has 0 aliphatic carbocycles. The van der Waals surface area contributed by atoms with E-state index in [0.29, 0.717) is 29.5 Å². The number of carbonyl (C=O) groups excluding carboxylic acids is 1. The monoisotopic (exact) mass is 532 g/mol. The third-order valence-corrected chi connectivity index (χ3v) is 6.95. The Hall–Kier alpha value is -3.07. The topological polar surface area (TPSA) is 55.6 Å². The first-order valence-corrected chi connectivity index (χ1v) is 13.9. The molecule has 200 valence electrons. The number of piperidine rings is 1. The van der Waals surface area contributed by atoms with Crippen LogP contribution in [0.5, 0.6) is 5.75 Å². The van der Waals surface area contributed by atoms with Gasteiger partial charge in [-0.2, -0.15) is 0 Å². The van der Waals surface area contributed by atoms with Crippen LogP contribution < -0.4 is 4.74 Å². The Kier molecular flexibility index (Phi) is 9.66. The third-order valence-electron chi connectivity index (χ3n) is 6.64. The minimum absolute atomic E-state index is 0.0993. The Bertz CT molecular complexity index is 1270. The van der Waals surface area contributed by atoms with Crippen LogP contribution in [0.1, 0.15) is 74.6 Å². The molecule has 0 N–H and O–H groups in total. The number of hydrogen-bond acceptors (Lipinski definition) is 5. The van der Waals surface area contributed by atoms with E-state index in [9.17, 15) is 4.79 Å². The molecule has 0 atom stereocenters. The zero-order chi connectivity index (χ0) is 27.0. The molecule has 0 amide bonds. The molecule has 0 saturated carbocycles. The number of hydrogen-bond donors (Lipinski definition) is 0. The number of ether oxygens (including phenoxy) is 1. The molecule has 0 radical (unpaired) electrons. The van der Waals surface area contributed by atoms with Gasteiger partial charge < -0.3 is 14.2 Å². The summed E-state index contributed by atoms with van der Waals surface area (Å²) in [6, 6.07) is 15.3. The average Bonchev–Trinajstić information content (AvgIpc) is 3.37. The molecule has 0 bridgehead atoms. The Morgan fingerprint density at radius 1 is 1.00 bits per heavy atom. The number of Topliss-reactive ketones (excluding diaryl/α,β-unsaturated/α-hetero) is 1. The van der Waals surface area contributed by atoms with E-state index in [2.05, 4.69) is 42.7 Å². The van der Waals surface area contributed by atoms with Crippen molar-refractivity contribution in [2.75, 3.05) is 26.2 Å². The number of carbonyl (C=O) groups is 1. The molecule has 6 heteroatoms. The summed E-state index contributed by atoms with van der Waals surface area (Å²) >= 11 is 6.35. The predicted molar refractivity (Wildman–Crippen MR) is 152 cm³/mol. The summed E-state index contributed by atoms with van der Waals surface area (Å²) in [6.45, 7) is 10.3. The highest BCUT2D eigenvalue weighted by molar-refractivity contribution is 6.32. The van der Waals surface area contributed by atoms with Crippen molar-refractivity contribution in [2.45, 2.75) is 64.7 Å². The van der Waals surface area contributed by atoms with Gasteiger partial charge >= 0.3 is 0 Å². The zero-order valence-electron chi connectivity index (χ0n) is 22.7. The van der Waals surface area contributed by atoms with E-state index in [1.54, 1.807) is 0 Å². The zero-order valence-corrected chi connectivity index (χ0v) is 23.4. The van der Waals surface area contributed by atoms with Crippen molar-refractivity contribution in [1.29, 1.82) is 0 Å². The maximum Gasteiger partial charge on any atom is 0.143 e. The lowest BCUT2D eigenvalue weighted by molar-refractivity contribution is -0.117. The van der Waals surface area contributed by atoms with Gasteiger partial charge in [0, 0.05) is 35.6 Å². The minimum Gasteiger partial charge on any atom is -0.492 e. The summed E-state index contributed by atoms with van der Waals surface area (Å²) < 4.78 is 11.4. The summed E-state index contributed by atoms with van der Waals surface area (Å²) in [5.74, 6) is 7.95. The molecule has 2 heterocycles. The van der Waals surface area contributed by atoms with E-state index in [1.807, 2.05) is 48.5 Å². The Morgan fingerprint density at radius 3 is 2.42 bits per heavy atom. The van der Waals surface area contributed by atoms with Crippen molar-refractivity contribution < 1.29 is 14.1 Å². The molecular weight excluding hydrogens is 496 g/mol. The lowest BCUT2D eigenvalue weighted by atomic mass is 9.93. The third kappa shape index (κ3) is 8.48. The number of likely N-dealkylation sites (tertiary alicyclic amines) is 1. The van der Waals surface area contributed by atoms with Gasteiger partial charge in [-0.1, -0.05) is 67.9 Å². The SMILES string of the molecule is CC(C)(C)c1cc(CC(=O)Cc2ccc(C#Cc3ccc(Cl)c(OCCCN4CCCCC4)c3)cc2)no1. The molecule has 2 aromatic carbocycles. The summed E-state index contributed by atoms with van der Waals surface area (Å²) in [4.78, 5) is 15.0. The highest BCUT2D eigenvalue weighted by Gasteiger charge is 2.20. The van der Waals surface area contributed by atoms with Gasteiger partial charge in [-0.25, -0.2) is 0 Å². The largest absolute Gasteiger partial charge is 0.492 e. The minimum atomic E-state index is -0.127. The number of aromatic nitrogens is 1. The van der Waals surface area contributed by atoms with Gasteiger partial charge in [0.05, 0.1) is 23.7 Å². The number of halogens is 1. The molecule has 4 rings (SSSR count). The van der Waals surface area contributed by atoms with Gasteiger partial charge in [-0.3, -0.25) is 4.79 Å². The standard InChI is InChI=1S/C32H37ClN2O3/c1-32(2,3)31-23-27(34-38-31)22-28(36)20-25-11-8-24(9-12-25)10-13-26-14-15-29(33)30(21-26)37-19-7-18-35-16-5-4-6-17-35/h8-9,11-12,14-15,21,23H,4-7,16-20,22H2,1-3H3. The lowest BCUT2D eigenvalue weighted by Crippen LogP contribution is -2.31. The van der Waals surface area contributed by atoms with Crippen LogP contribution in [0.3, 0.4) is 0 Å². The molecular formula is C32H37ClN2O3. The van der Waals surface area contributed by atoms with E-state index in [-0.39, 0.29) is 17.6 Å². The first-order valence-electron chi connectivity index (χ1n) is 13.5. The van der Waals surface area contributed by atoms with Crippen molar-refractivity contribution in [1.82, 2.24) is 10.1 Å². The summed E-state index contributed by atoms with van der Waals surface area (Å²) in [5, 5.41) is 4.65. The molecule has 1 fully saturated rings. The highest BCUT2D eigenvalue weighted by Crippen LogP contribution is 2.26. The van der Waals surface area contributed by atoms with Gasteiger partial charge in [0.15, 0.2) is 0 Å². The smallest absolute Gasteiger partial charge is 0.143 e. The van der Waals surface area contributed by atoms with E-state index in [4.69, 9.17) is 20.9 Å². The van der Waals surface area contributed by atoms with Crippen molar-refractivity contribution >= 4 is 17.4 Å². The van der Waals surface area contributed by atoms with E-state index in [1.165, 1.54) is 32.4 Å².